The number of aliphatic carboxylic acids is 1. The van der Waals surface area contributed by atoms with E-state index < -0.39 is 22.5 Å². The summed E-state index contributed by atoms with van der Waals surface area (Å²) >= 11 is 11.5. The average Bonchev–Trinajstić information content (AvgIpc) is 2.41. The summed E-state index contributed by atoms with van der Waals surface area (Å²) in [4.78, 5) is 34.2. The van der Waals surface area contributed by atoms with Crippen LogP contribution in [-0.4, -0.2) is 39.9 Å². The Hall–Kier alpha value is -1.86. The average molecular weight is 335 g/mol. The summed E-state index contributed by atoms with van der Waals surface area (Å²) in [5.74, 6) is -1.58. The molecule has 0 aliphatic heterocycles. The minimum Gasteiger partial charge on any atom is -0.481 e. The van der Waals surface area contributed by atoms with Gasteiger partial charge in [0.2, 0.25) is 0 Å². The second-order valence-corrected chi connectivity index (χ2v) is 4.86. The van der Waals surface area contributed by atoms with Crippen molar-refractivity contribution in [2.24, 2.45) is 0 Å². The number of nitro benzene ring substituents is 1. The predicted molar refractivity (Wildman–Crippen MR) is 76.9 cm³/mol. The van der Waals surface area contributed by atoms with E-state index in [0.717, 1.165) is 6.07 Å². The lowest BCUT2D eigenvalue weighted by Gasteiger charge is -2.20. The van der Waals surface area contributed by atoms with E-state index >= 15 is 0 Å². The number of hydrogen-bond acceptors (Lipinski definition) is 4. The van der Waals surface area contributed by atoms with Crippen LogP contribution in [0.3, 0.4) is 0 Å². The van der Waals surface area contributed by atoms with Crippen LogP contribution in [0.2, 0.25) is 10.0 Å². The number of carboxylic acid groups (broad SMARTS) is 1. The van der Waals surface area contributed by atoms with Crippen LogP contribution in [0.5, 0.6) is 0 Å². The summed E-state index contributed by atoms with van der Waals surface area (Å²) in [6.07, 6.45) is -0.219. The van der Waals surface area contributed by atoms with Gasteiger partial charge in [-0.3, -0.25) is 19.7 Å². The first-order chi connectivity index (χ1) is 9.77. The Bertz CT molecular complexity index is 591. The number of rotatable bonds is 6. The first kappa shape index (κ1) is 17.2. The Labute approximate surface area is 130 Å². The standard InChI is InChI=1S/C12H12Cl2N2O5/c1-2-15(4-3-10(17)18)12(19)7-5-8(13)11(14)9(6-7)16(20)21/h5-6H,2-4H2,1H3,(H,17,18). The zero-order valence-electron chi connectivity index (χ0n) is 11.0. The maximum Gasteiger partial charge on any atom is 0.305 e. The van der Waals surface area contributed by atoms with E-state index in [2.05, 4.69) is 0 Å². The first-order valence-electron chi connectivity index (χ1n) is 5.92. The van der Waals surface area contributed by atoms with E-state index in [0.29, 0.717) is 0 Å². The van der Waals surface area contributed by atoms with Crippen molar-refractivity contribution in [2.75, 3.05) is 13.1 Å². The van der Waals surface area contributed by atoms with Crippen LogP contribution in [0.15, 0.2) is 12.1 Å². The highest BCUT2D eigenvalue weighted by Crippen LogP contribution is 2.33. The number of benzene rings is 1. The molecule has 1 aromatic rings. The summed E-state index contributed by atoms with van der Waals surface area (Å²) in [6.45, 7) is 1.94. The minimum atomic E-state index is -1.04. The van der Waals surface area contributed by atoms with Crippen LogP contribution in [0, 0.1) is 10.1 Å². The van der Waals surface area contributed by atoms with Crippen LogP contribution in [0.1, 0.15) is 23.7 Å². The van der Waals surface area contributed by atoms with E-state index in [1.54, 1.807) is 6.92 Å². The number of hydrogen-bond donors (Lipinski definition) is 1. The van der Waals surface area contributed by atoms with Crippen LogP contribution >= 0.6 is 23.2 Å². The third-order valence-electron chi connectivity index (χ3n) is 2.72. The van der Waals surface area contributed by atoms with Crippen molar-refractivity contribution in [1.29, 1.82) is 0 Å². The predicted octanol–water partition coefficient (Wildman–Crippen LogP) is 2.84. The van der Waals surface area contributed by atoms with Gasteiger partial charge in [0.05, 0.1) is 16.4 Å². The summed E-state index contributed by atoms with van der Waals surface area (Å²) in [5.41, 5.74) is -0.481. The third-order valence-corrected chi connectivity index (χ3v) is 3.51. The molecule has 1 N–H and O–H groups in total. The van der Waals surface area contributed by atoms with Gasteiger partial charge >= 0.3 is 5.97 Å². The van der Waals surface area contributed by atoms with Crippen molar-refractivity contribution in [2.45, 2.75) is 13.3 Å². The van der Waals surface area contributed by atoms with Crippen LogP contribution in [0.4, 0.5) is 5.69 Å². The molecule has 0 saturated heterocycles. The molecule has 0 spiro atoms. The normalized spacial score (nSPS) is 10.2. The Balaban J connectivity index is 3.11. The molecule has 114 valence electrons. The zero-order chi connectivity index (χ0) is 16.2. The molecule has 0 saturated carbocycles. The van der Waals surface area contributed by atoms with Gasteiger partial charge in [-0.15, -0.1) is 0 Å². The van der Waals surface area contributed by atoms with Crippen LogP contribution in [-0.2, 0) is 4.79 Å². The molecule has 1 aromatic carbocycles. The number of carbonyl (C=O) groups is 2. The smallest absolute Gasteiger partial charge is 0.305 e. The minimum absolute atomic E-state index is 0.00128. The van der Waals surface area contributed by atoms with Crippen molar-refractivity contribution >= 4 is 40.8 Å². The molecule has 0 unspecified atom stereocenters. The van der Waals surface area contributed by atoms with Crippen LogP contribution in [0.25, 0.3) is 0 Å². The van der Waals surface area contributed by atoms with Crippen molar-refractivity contribution in [3.05, 3.63) is 37.9 Å². The van der Waals surface area contributed by atoms with Gasteiger partial charge in [-0.2, -0.15) is 0 Å². The molecule has 0 heterocycles. The fraction of sp³-hybridized carbons (Fsp3) is 0.333. The maximum absolute atomic E-state index is 12.2. The zero-order valence-corrected chi connectivity index (χ0v) is 12.5. The van der Waals surface area contributed by atoms with Crippen molar-refractivity contribution in [3.63, 3.8) is 0 Å². The van der Waals surface area contributed by atoms with Gasteiger partial charge in [-0.05, 0) is 13.0 Å². The number of nitro groups is 1. The molecule has 0 radical (unpaired) electrons. The highest BCUT2D eigenvalue weighted by atomic mass is 35.5. The van der Waals surface area contributed by atoms with Gasteiger partial charge in [0.15, 0.2) is 0 Å². The van der Waals surface area contributed by atoms with Crippen molar-refractivity contribution in [3.8, 4) is 0 Å². The lowest BCUT2D eigenvalue weighted by molar-refractivity contribution is -0.384. The fourth-order valence-electron chi connectivity index (χ4n) is 1.65. The number of carbonyl (C=O) groups excluding carboxylic acids is 1. The van der Waals surface area contributed by atoms with Gasteiger partial charge < -0.3 is 10.0 Å². The molecule has 0 aromatic heterocycles. The Morgan fingerprint density at radius 1 is 1.38 bits per heavy atom. The molecule has 0 bridgehead atoms. The number of halogens is 2. The molecule has 1 rings (SSSR count). The lowest BCUT2D eigenvalue weighted by atomic mass is 10.1. The van der Waals surface area contributed by atoms with Gasteiger partial charge in [0, 0.05) is 24.7 Å². The van der Waals surface area contributed by atoms with Gasteiger partial charge in [-0.25, -0.2) is 0 Å². The largest absolute Gasteiger partial charge is 0.481 e. The second-order valence-electron chi connectivity index (χ2n) is 4.08. The van der Waals surface area contributed by atoms with E-state index in [4.69, 9.17) is 28.3 Å². The number of carboxylic acids is 1. The highest BCUT2D eigenvalue weighted by Gasteiger charge is 2.22. The van der Waals surface area contributed by atoms with E-state index in [-0.39, 0.29) is 35.1 Å². The number of amides is 1. The van der Waals surface area contributed by atoms with Crippen molar-refractivity contribution < 1.29 is 19.6 Å². The molecule has 9 heteroatoms. The van der Waals surface area contributed by atoms with E-state index in [1.807, 2.05) is 0 Å². The SMILES string of the molecule is CCN(CCC(=O)O)C(=O)c1cc(Cl)c(Cl)c([N+](=O)[O-])c1. The topological polar surface area (TPSA) is 101 Å². The fourth-order valence-corrected chi connectivity index (χ4v) is 2.04. The molecule has 0 aliphatic carbocycles. The van der Waals surface area contributed by atoms with Gasteiger partial charge in [-0.1, -0.05) is 23.2 Å². The molecular weight excluding hydrogens is 323 g/mol. The Kier molecular flexibility index (Phi) is 5.92. The highest BCUT2D eigenvalue weighted by molar-refractivity contribution is 6.43. The van der Waals surface area contributed by atoms with E-state index in [9.17, 15) is 19.7 Å². The van der Waals surface area contributed by atoms with Crippen LogP contribution < -0.4 is 0 Å². The molecule has 0 atom stereocenters. The van der Waals surface area contributed by atoms with Gasteiger partial charge in [0.1, 0.15) is 5.02 Å². The lowest BCUT2D eigenvalue weighted by Crippen LogP contribution is -2.32. The molecular formula is C12H12Cl2N2O5. The Morgan fingerprint density at radius 3 is 2.48 bits per heavy atom. The summed E-state index contributed by atoms with van der Waals surface area (Å²) in [6, 6.07) is 2.25. The second kappa shape index (κ2) is 7.24. The van der Waals surface area contributed by atoms with Crippen molar-refractivity contribution in [1.82, 2.24) is 4.90 Å². The summed E-state index contributed by atoms with van der Waals surface area (Å²) in [5, 5.41) is 19.2. The molecule has 0 fully saturated rings. The molecule has 0 aliphatic rings. The third kappa shape index (κ3) is 4.30. The summed E-state index contributed by atoms with van der Waals surface area (Å²) in [7, 11) is 0. The quantitative estimate of drug-likeness (QED) is 0.636. The Morgan fingerprint density at radius 2 is 2.00 bits per heavy atom. The van der Waals surface area contributed by atoms with E-state index in [1.165, 1.54) is 11.0 Å². The summed E-state index contributed by atoms with van der Waals surface area (Å²) < 4.78 is 0. The molecule has 21 heavy (non-hydrogen) atoms. The number of nitrogens with zero attached hydrogens (tertiary/aromatic N) is 2. The van der Waals surface area contributed by atoms with Gasteiger partial charge in [0.25, 0.3) is 11.6 Å². The maximum atomic E-state index is 12.2. The molecule has 7 nitrogen and oxygen atoms in total. The molecule has 1 amide bonds. The first-order valence-corrected chi connectivity index (χ1v) is 6.68. The monoisotopic (exact) mass is 334 g/mol.